The predicted octanol–water partition coefficient (Wildman–Crippen LogP) is 3.24. The van der Waals surface area contributed by atoms with E-state index in [1.165, 1.54) is 5.00 Å². The predicted molar refractivity (Wildman–Crippen MR) is 59.0 cm³/mol. The van der Waals surface area contributed by atoms with Gasteiger partial charge in [0.05, 0.1) is 5.00 Å². The number of hydrogen-bond acceptors (Lipinski definition) is 3. The zero-order valence-corrected chi connectivity index (χ0v) is 9.31. The van der Waals surface area contributed by atoms with Crippen LogP contribution in [-0.2, 0) is 0 Å². The third-order valence-electron chi connectivity index (χ3n) is 1.20. The molecule has 0 spiro atoms. The Kier molecular flexibility index (Phi) is 4.33. The van der Waals surface area contributed by atoms with E-state index in [0.29, 0.717) is 0 Å². The van der Waals surface area contributed by atoms with Crippen LogP contribution in [-0.4, -0.2) is 12.3 Å². The van der Waals surface area contributed by atoms with Crippen LogP contribution in [0.2, 0.25) is 0 Å². The molecule has 0 fully saturated rings. The Morgan fingerprint density at radius 1 is 1.64 bits per heavy atom. The van der Waals surface area contributed by atoms with E-state index < -0.39 is 0 Å². The number of anilines is 1. The molecule has 0 unspecified atom stereocenters. The van der Waals surface area contributed by atoms with Crippen LogP contribution in [0.3, 0.4) is 0 Å². The summed E-state index contributed by atoms with van der Waals surface area (Å²) in [5, 5.41) is 6.60. The van der Waals surface area contributed by atoms with Gasteiger partial charge in [-0.2, -0.15) is 12.6 Å². The second-order valence-corrected chi connectivity index (χ2v) is 4.41. The van der Waals surface area contributed by atoms with E-state index in [9.17, 15) is 0 Å². The molecule has 0 atom stereocenters. The van der Waals surface area contributed by atoms with Crippen LogP contribution in [0.25, 0.3) is 0 Å². The van der Waals surface area contributed by atoms with Crippen molar-refractivity contribution >= 4 is 44.9 Å². The Labute approximate surface area is 84.7 Å². The van der Waals surface area contributed by atoms with Gasteiger partial charge in [0.25, 0.3) is 0 Å². The third-order valence-corrected chi connectivity index (χ3v) is 3.17. The van der Waals surface area contributed by atoms with Crippen molar-refractivity contribution in [1.82, 2.24) is 0 Å². The summed E-state index contributed by atoms with van der Waals surface area (Å²) in [6, 6.07) is 2.09. The second-order valence-electron chi connectivity index (χ2n) is 2.13. The minimum absolute atomic E-state index is 0.944. The van der Waals surface area contributed by atoms with E-state index in [-0.39, 0.29) is 0 Å². The molecule has 0 radical (unpaired) electrons. The lowest BCUT2D eigenvalue weighted by Crippen LogP contribution is -1.99. The van der Waals surface area contributed by atoms with Gasteiger partial charge >= 0.3 is 0 Å². The van der Waals surface area contributed by atoms with Crippen LogP contribution >= 0.6 is 39.9 Å². The lowest BCUT2D eigenvalue weighted by atomic mass is 10.5. The average molecular weight is 252 g/mol. The molecule has 0 amide bonds. The van der Waals surface area contributed by atoms with Crippen molar-refractivity contribution in [3.05, 3.63) is 15.9 Å². The van der Waals surface area contributed by atoms with Crippen molar-refractivity contribution in [2.75, 3.05) is 17.6 Å². The van der Waals surface area contributed by atoms with E-state index in [1.54, 1.807) is 11.3 Å². The van der Waals surface area contributed by atoms with Crippen LogP contribution in [0.4, 0.5) is 5.00 Å². The summed E-state index contributed by atoms with van der Waals surface area (Å²) in [5.41, 5.74) is 0. The van der Waals surface area contributed by atoms with Gasteiger partial charge in [0, 0.05) is 16.4 Å². The standard InChI is InChI=1S/C7H10BrNS2/c8-6-4-7(11-5-6)9-2-1-3-10/h4-5,9-10H,1-3H2. The molecular formula is C7H10BrNS2. The van der Waals surface area contributed by atoms with Crippen molar-refractivity contribution in [3.8, 4) is 0 Å². The van der Waals surface area contributed by atoms with Crippen LogP contribution in [0.5, 0.6) is 0 Å². The molecule has 1 nitrogen and oxygen atoms in total. The number of hydrogen-bond donors (Lipinski definition) is 2. The zero-order chi connectivity index (χ0) is 8.10. The van der Waals surface area contributed by atoms with E-state index in [1.807, 2.05) is 0 Å². The van der Waals surface area contributed by atoms with Gasteiger partial charge in [-0.05, 0) is 34.2 Å². The Morgan fingerprint density at radius 2 is 2.45 bits per heavy atom. The van der Waals surface area contributed by atoms with Crippen molar-refractivity contribution in [1.29, 1.82) is 0 Å². The summed E-state index contributed by atoms with van der Waals surface area (Å²) in [4.78, 5) is 0. The summed E-state index contributed by atoms with van der Waals surface area (Å²) in [7, 11) is 0. The summed E-state index contributed by atoms with van der Waals surface area (Å²) in [5.74, 6) is 0.944. The van der Waals surface area contributed by atoms with Gasteiger partial charge in [-0.25, -0.2) is 0 Å². The fraction of sp³-hybridized carbons (Fsp3) is 0.429. The van der Waals surface area contributed by atoms with Gasteiger partial charge in [0.1, 0.15) is 0 Å². The monoisotopic (exact) mass is 251 g/mol. The Balaban J connectivity index is 2.27. The van der Waals surface area contributed by atoms with E-state index >= 15 is 0 Å². The van der Waals surface area contributed by atoms with E-state index in [4.69, 9.17) is 0 Å². The first-order valence-corrected chi connectivity index (χ1v) is 5.72. The molecule has 11 heavy (non-hydrogen) atoms. The molecule has 0 aliphatic heterocycles. The minimum atomic E-state index is 0.944. The highest BCUT2D eigenvalue weighted by molar-refractivity contribution is 9.10. The SMILES string of the molecule is SCCCNc1cc(Br)cs1. The average Bonchev–Trinajstić information content (AvgIpc) is 2.37. The first-order valence-electron chi connectivity index (χ1n) is 3.41. The van der Waals surface area contributed by atoms with Crippen LogP contribution in [0, 0.1) is 0 Å². The first kappa shape index (κ1) is 9.42. The molecule has 4 heteroatoms. The molecule has 62 valence electrons. The molecule has 0 aliphatic rings. The molecule has 1 aromatic heterocycles. The lowest BCUT2D eigenvalue weighted by Gasteiger charge is -1.99. The maximum atomic E-state index is 4.13. The molecule has 0 saturated heterocycles. The summed E-state index contributed by atoms with van der Waals surface area (Å²) in [6.07, 6.45) is 1.11. The van der Waals surface area contributed by atoms with Crippen molar-refractivity contribution in [2.45, 2.75) is 6.42 Å². The van der Waals surface area contributed by atoms with Gasteiger partial charge in [-0.15, -0.1) is 11.3 Å². The van der Waals surface area contributed by atoms with Gasteiger partial charge < -0.3 is 5.32 Å². The van der Waals surface area contributed by atoms with Gasteiger partial charge in [-0.1, -0.05) is 0 Å². The van der Waals surface area contributed by atoms with Crippen molar-refractivity contribution in [3.63, 3.8) is 0 Å². The van der Waals surface area contributed by atoms with Crippen molar-refractivity contribution < 1.29 is 0 Å². The highest BCUT2D eigenvalue weighted by Crippen LogP contribution is 2.24. The molecule has 1 heterocycles. The number of thiophene rings is 1. The van der Waals surface area contributed by atoms with Crippen LogP contribution in [0.1, 0.15) is 6.42 Å². The summed E-state index contributed by atoms with van der Waals surface area (Å²) < 4.78 is 1.15. The molecule has 1 N–H and O–H groups in total. The summed E-state index contributed by atoms with van der Waals surface area (Å²) in [6.45, 7) is 1.01. The quantitative estimate of drug-likeness (QED) is 0.619. The molecule has 0 aromatic carbocycles. The first-order chi connectivity index (χ1) is 5.33. The molecular weight excluding hydrogens is 242 g/mol. The molecule has 0 bridgehead atoms. The number of rotatable bonds is 4. The minimum Gasteiger partial charge on any atom is -0.377 e. The highest BCUT2D eigenvalue weighted by Gasteiger charge is 1.94. The van der Waals surface area contributed by atoms with Gasteiger partial charge in [0.15, 0.2) is 0 Å². The van der Waals surface area contributed by atoms with E-state index in [2.05, 4.69) is 45.3 Å². The molecule has 1 aromatic rings. The van der Waals surface area contributed by atoms with Gasteiger partial charge in [-0.3, -0.25) is 0 Å². The topological polar surface area (TPSA) is 12.0 Å². The molecule has 1 rings (SSSR count). The maximum Gasteiger partial charge on any atom is 0.0894 e. The van der Waals surface area contributed by atoms with Crippen LogP contribution in [0.15, 0.2) is 15.9 Å². The van der Waals surface area contributed by atoms with Crippen LogP contribution < -0.4 is 5.32 Å². The Hall–Kier alpha value is 0.330. The third kappa shape index (κ3) is 3.49. The maximum absolute atomic E-state index is 4.13. The van der Waals surface area contributed by atoms with Gasteiger partial charge in [0.2, 0.25) is 0 Å². The molecule has 0 aliphatic carbocycles. The van der Waals surface area contributed by atoms with Crippen molar-refractivity contribution in [2.24, 2.45) is 0 Å². The fourth-order valence-corrected chi connectivity index (χ4v) is 2.20. The fourth-order valence-electron chi connectivity index (χ4n) is 0.696. The second kappa shape index (κ2) is 5.06. The van der Waals surface area contributed by atoms with E-state index in [0.717, 1.165) is 23.2 Å². The number of thiol groups is 1. The normalized spacial score (nSPS) is 10.0. The summed E-state index contributed by atoms with van der Waals surface area (Å²) >= 11 is 9.24. The highest BCUT2D eigenvalue weighted by atomic mass is 79.9. The largest absolute Gasteiger partial charge is 0.377 e. The zero-order valence-electron chi connectivity index (χ0n) is 6.01. The molecule has 0 saturated carbocycles. The number of nitrogens with one attached hydrogen (secondary N) is 1. The Bertz CT molecular complexity index is 212. The Morgan fingerprint density at radius 3 is 3.00 bits per heavy atom. The smallest absolute Gasteiger partial charge is 0.0894 e. The number of halogens is 1. The lowest BCUT2D eigenvalue weighted by molar-refractivity contribution is 1.000.